The van der Waals surface area contributed by atoms with Crippen LogP contribution in [0, 0.1) is 11.3 Å². The Balaban J connectivity index is 2.03. The summed E-state index contributed by atoms with van der Waals surface area (Å²) in [6.45, 7) is 7.77. The maximum absolute atomic E-state index is 15.2. The van der Waals surface area contributed by atoms with Crippen LogP contribution in [0.15, 0.2) is 53.0 Å². The lowest BCUT2D eigenvalue weighted by Crippen LogP contribution is -2.41. The van der Waals surface area contributed by atoms with Crippen LogP contribution >= 0.6 is 11.6 Å². The van der Waals surface area contributed by atoms with Crippen molar-refractivity contribution in [1.82, 2.24) is 0 Å². The Labute approximate surface area is 153 Å². The van der Waals surface area contributed by atoms with Crippen molar-refractivity contribution in [2.75, 3.05) is 0 Å². The number of nitriles is 1. The minimum atomic E-state index is -2.22. The van der Waals surface area contributed by atoms with Gasteiger partial charge in [0.2, 0.25) is 5.67 Å². The summed E-state index contributed by atoms with van der Waals surface area (Å²) in [4.78, 5) is 0. The summed E-state index contributed by atoms with van der Waals surface area (Å²) < 4.78 is 27.3. The van der Waals surface area contributed by atoms with E-state index in [0.29, 0.717) is 11.0 Å². The van der Waals surface area contributed by atoms with Crippen molar-refractivity contribution in [3.05, 3.63) is 58.6 Å². The highest BCUT2D eigenvalue weighted by Gasteiger charge is 2.54. The lowest BCUT2D eigenvalue weighted by atomic mass is 9.69. The summed E-state index contributed by atoms with van der Waals surface area (Å²) in [6, 6.07) is 10.8. The molecule has 0 radical (unpaired) electrons. The van der Waals surface area contributed by atoms with Crippen LogP contribution in [0.4, 0.5) is 4.39 Å². The van der Waals surface area contributed by atoms with Gasteiger partial charge in [-0.3, -0.25) is 0 Å². The van der Waals surface area contributed by atoms with E-state index in [-0.39, 0.29) is 5.03 Å². The summed E-state index contributed by atoms with van der Waals surface area (Å²) >= 11 is 6.31. The van der Waals surface area contributed by atoms with Crippen molar-refractivity contribution in [1.29, 1.82) is 5.26 Å². The van der Waals surface area contributed by atoms with Gasteiger partial charge in [0, 0.05) is 5.03 Å². The molecule has 1 aromatic rings. The highest BCUT2D eigenvalue weighted by molar-refractivity contribution is 6.60. The molecule has 25 heavy (non-hydrogen) atoms. The molecular formula is C19H20BClFNO2. The monoisotopic (exact) mass is 359 g/mol. The molecule has 3 nitrogen and oxygen atoms in total. The largest absolute Gasteiger partial charge is 0.496 e. The fourth-order valence-electron chi connectivity index (χ4n) is 3.00. The average Bonchev–Trinajstić information content (AvgIpc) is 2.76. The lowest BCUT2D eigenvalue weighted by Gasteiger charge is -2.32. The minimum absolute atomic E-state index is 0.148. The molecule has 6 heteroatoms. The standard InChI is InChI=1S/C19H20BClFNO2/c1-17(2)18(3,4)25-20(24-17)15-10-14(13-8-6-5-7-9-13)19(22,12-23)11-16(15)21/h5-11,14H,1-4H3. The maximum atomic E-state index is 15.2. The van der Waals surface area contributed by atoms with Crippen LogP contribution in [0.3, 0.4) is 0 Å². The minimum Gasteiger partial charge on any atom is -0.399 e. The van der Waals surface area contributed by atoms with Crippen LogP contribution in [0.1, 0.15) is 39.2 Å². The van der Waals surface area contributed by atoms with E-state index in [4.69, 9.17) is 20.9 Å². The average molecular weight is 360 g/mol. The SMILES string of the molecule is CC1(C)OB(C2=CC(c3ccccc3)C(F)(C#N)C=C2Cl)OC1(C)C. The summed E-state index contributed by atoms with van der Waals surface area (Å²) in [5.74, 6) is -0.782. The Bertz CT molecular complexity index is 768. The Morgan fingerprint density at radius 3 is 2.20 bits per heavy atom. The van der Waals surface area contributed by atoms with E-state index in [0.717, 1.165) is 6.08 Å². The molecule has 2 atom stereocenters. The molecule has 1 fully saturated rings. The molecule has 130 valence electrons. The fraction of sp³-hybridized carbons (Fsp3) is 0.421. The number of benzene rings is 1. The Hall–Kier alpha value is -1.61. The van der Waals surface area contributed by atoms with E-state index >= 15 is 4.39 Å². The molecule has 1 heterocycles. The molecule has 1 aliphatic heterocycles. The second-order valence-corrected chi connectivity index (χ2v) is 7.88. The molecule has 0 amide bonds. The van der Waals surface area contributed by atoms with Crippen LogP contribution in [-0.2, 0) is 9.31 Å². The Morgan fingerprint density at radius 2 is 1.68 bits per heavy atom. The summed E-state index contributed by atoms with van der Waals surface area (Å²) in [5.41, 5.74) is -2.03. The Kier molecular flexibility index (Phi) is 4.35. The lowest BCUT2D eigenvalue weighted by molar-refractivity contribution is 0.00578. The van der Waals surface area contributed by atoms with Gasteiger partial charge in [-0.15, -0.1) is 0 Å². The zero-order valence-electron chi connectivity index (χ0n) is 14.7. The number of rotatable bonds is 2. The second kappa shape index (κ2) is 5.98. The highest BCUT2D eigenvalue weighted by Crippen LogP contribution is 2.46. The van der Waals surface area contributed by atoms with Crippen LogP contribution < -0.4 is 0 Å². The topological polar surface area (TPSA) is 42.2 Å². The molecule has 1 aromatic carbocycles. The fourth-order valence-corrected chi connectivity index (χ4v) is 3.31. The van der Waals surface area contributed by atoms with E-state index in [2.05, 4.69) is 0 Å². The number of halogens is 2. The third-order valence-corrected chi connectivity index (χ3v) is 5.58. The van der Waals surface area contributed by atoms with Crippen molar-refractivity contribution in [3.8, 4) is 6.07 Å². The molecule has 1 saturated heterocycles. The van der Waals surface area contributed by atoms with E-state index in [9.17, 15) is 5.26 Å². The van der Waals surface area contributed by atoms with Gasteiger partial charge in [-0.05, 0) is 44.8 Å². The molecular weight excluding hydrogens is 339 g/mol. The molecule has 0 aromatic heterocycles. The summed E-state index contributed by atoms with van der Waals surface area (Å²) in [5, 5.41) is 9.55. The van der Waals surface area contributed by atoms with Crippen LogP contribution in [0.5, 0.6) is 0 Å². The molecule has 0 spiro atoms. The van der Waals surface area contributed by atoms with Crippen LogP contribution in [0.25, 0.3) is 0 Å². The number of hydrogen-bond donors (Lipinski definition) is 0. The number of allylic oxidation sites excluding steroid dienone is 4. The van der Waals surface area contributed by atoms with Crippen molar-refractivity contribution < 1.29 is 13.7 Å². The second-order valence-electron chi connectivity index (χ2n) is 7.47. The van der Waals surface area contributed by atoms with Crippen molar-refractivity contribution in [2.24, 2.45) is 0 Å². The van der Waals surface area contributed by atoms with E-state index in [1.165, 1.54) is 0 Å². The summed E-state index contributed by atoms with van der Waals surface area (Å²) in [7, 11) is -0.705. The van der Waals surface area contributed by atoms with Gasteiger partial charge in [-0.2, -0.15) is 5.26 Å². The third-order valence-electron chi connectivity index (χ3n) is 5.25. The van der Waals surface area contributed by atoms with E-state index in [1.807, 2.05) is 45.9 Å². The normalized spacial score (nSPS) is 30.4. The van der Waals surface area contributed by atoms with Crippen molar-refractivity contribution in [2.45, 2.75) is 50.5 Å². The first-order chi connectivity index (χ1) is 11.6. The molecule has 2 unspecified atom stereocenters. The van der Waals surface area contributed by atoms with Gasteiger partial charge in [0.05, 0.1) is 17.1 Å². The number of nitrogens with zero attached hydrogens (tertiary/aromatic N) is 1. The smallest absolute Gasteiger partial charge is 0.399 e. The Morgan fingerprint density at radius 1 is 1.12 bits per heavy atom. The van der Waals surface area contributed by atoms with Crippen LogP contribution in [-0.4, -0.2) is 24.0 Å². The molecule has 0 saturated carbocycles. The van der Waals surface area contributed by atoms with Gasteiger partial charge in [-0.25, -0.2) is 4.39 Å². The molecule has 1 aliphatic carbocycles. The van der Waals surface area contributed by atoms with Crippen molar-refractivity contribution >= 4 is 18.7 Å². The maximum Gasteiger partial charge on any atom is 0.496 e. The third kappa shape index (κ3) is 3.04. The predicted octanol–water partition coefficient (Wildman–Crippen LogP) is 4.70. The van der Waals surface area contributed by atoms with Gasteiger partial charge in [0.25, 0.3) is 0 Å². The quantitative estimate of drug-likeness (QED) is 0.719. The first-order valence-electron chi connectivity index (χ1n) is 8.21. The first-order valence-corrected chi connectivity index (χ1v) is 8.59. The van der Waals surface area contributed by atoms with Gasteiger partial charge in [0.15, 0.2) is 0 Å². The number of hydrogen-bond acceptors (Lipinski definition) is 3. The highest BCUT2D eigenvalue weighted by atomic mass is 35.5. The van der Waals surface area contributed by atoms with Gasteiger partial charge >= 0.3 is 7.12 Å². The zero-order valence-corrected chi connectivity index (χ0v) is 15.5. The van der Waals surface area contributed by atoms with E-state index < -0.39 is 29.9 Å². The van der Waals surface area contributed by atoms with Crippen molar-refractivity contribution in [3.63, 3.8) is 0 Å². The van der Waals surface area contributed by atoms with Gasteiger partial charge in [0.1, 0.15) is 6.07 Å². The number of alkyl halides is 1. The first kappa shape index (κ1) is 18.2. The molecule has 3 rings (SSSR count). The zero-order chi connectivity index (χ0) is 18.5. The van der Waals surface area contributed by atoms with E-state index in [1.54, 1.807) is 24.3 Å². The predicted molar refractivity (Wildman–Crippen MR) is 96.7 cm³/mol. The molecule has 0 N–H and O–H groups in total. The molecule has 2 aliphatic rings. The van der Waals surface area contributed by atoms with Gasteiger partial charge in [-0.1, -0.05) is 48.0 Å². The van der Waals surface area contributed by atoms with Gasteiger partial charge < -0.3 is 9.31 Å². The van der Waals surface area contributed by atoms with Crippen LogP contribution in [0.2, 0.25) is 0 Å². The molecule has 0 bridgehead atoms. The summed E-state index contributed by atoms with van der Waals surface area (Å²) in [6.07, 6.45) is 2.82.